The van der Waals surface area contributed by atoms with Crippen LogP contribution in [0.25, 0.3) is 0 Å². The minimum absolute atomic E-state index is 0.0599. The zero-order valence-electron chi connectivity index (χ0n) is 11.8. The molecular formula is C16H22FNO. The van der Waals surface area contributed by atoms with E-state index in [1.165, 1.54) is 31.9 Å². The molecule has 1 aliphatic heterocycles. The molecule has 1 aromatic rings. The van der Waals surface area contributed by atoms with Gasteiger partial charge in [0.1, 0.15) is 5.82 Å². The maximum Gasteiger partial charge on any atom is 0.161 e. The molecule has 1 unspecified atom stereocenters. The van der Waals surface area contributed by atoms with Gasteiger partial charge in [0.2, 0.25) is 0 Å². The van der Waals surface area contributed by atoms with Gasteiger partial charge in [-0.1, -0.05) is 13.3 Å². The van der Waals surface area contributed by atoms with Crippen LogP contribution in [0.1, 0.15) is 56.3 Å². The van der Waals surface area contributed by atoms with E-state index in [0.29, 0.717) is 11.6 Å². The van der Waals surface area contributed by atoms with Gasteiger partial charge in [0.15, 0.2) is 5.78 Å². The van der Waals surface area contributed by atoms with Crippen LogP contribution in [0, 0.1) is 5.82 Å². The number of piperidine rings is 1. The Morgan fingerprint density at radius 3 is 2.89 bits per heavy atom. The molecule has 0 radical (unpaired) electrons. The first-order valence-corrected chi connectivity index (χ1v) is 7.20. The van der Waals surface area contributed by atoms with Crippen molar-refractivity contribution in [2.75, 3.05) is 11.4 Å². The summed E-state index contributed by atoms with van der Waals surface area (Å²) in [4.78, 5) is 14.0. The molecule has 0 spiro atoms. The molecule has 1 saturated heterocycles. The number of ketones is 1. The van der Waals surface area contributed by atoms with Gasteiger partial charge in [-0.3, -0.25) is 4.79 Å². The fourth-order valence-electron chi connectivity index (χ4n) is 2.99. The third-order valence-electron chi connectivity index (χ3n) is 3.90. The second-order valence-corrected chi connectivity index (χ2v) is 5.35. The average molecular weight is 263 g/mol. The fraction of sp³-hybridized carbons (Fsp3) is 0.562. The van der Waals surface area contributed by atoms with Gasteiger partial charge in [-0.05, 0) is 50.8 Å². The predicted octanol–water partition coefficient (Wildman–Crippen LogP) is 4.19. The van der Waals surface area contributed by atoms with Crippen molar-refractivity contribution >= 4 is 11.5 Å². The van der Waals surface area contributed by atoms with Crippen LogP contribution in [-0.2, 0) is 0 Å². The number of nitrogens with zero attached hydrogens (tertiary/aromatic N) is 1. The van der Waals surface area contributed by atoms with Crippen LogP contribution < -0.4 is 4.90 Å². The molecule has 0 saturated carbocycles. The van der Waals surface area contributed by atoms with Crippen LogP contribution in [0.4, 0.5) is 10.1 Å². The zero-order valence-corrected chi connectivity index (χ0v) is 11.8. The summed E-state index contributed by atoms with van der Waals surface area (Å²) in [6.07, 6.45) is 5.84. The van der Waals surface area contributed by atoms with Gasteiger partial charge >= 0.3 is 0 Å². The normalized spacial score (nSPS) is 19.5. The quantitative estimate of drug-likeness (QED) is 0.759. The maximum atomic E-state index is 13.3. The van der Waals surface area contributed by atoms with Gasteiger partial charge in [0.05, 0.1) is 0 Å². The highest BCUT2D eigenvalue weighted by Crippen LogP contribution is 2.30. The smallest absolute Gasteiger partial charge is 0.161 e. The molecule has 2 rings (SSSR count). The lowest BCUT2D eigenvalue weighted by atomic mass is 9.96. The minimum Gasteiger partial charge on any atom is -0.368 e. The first-order chi connectivity index (χ1) is 9.13. The van der Waals surface area contributed by atoms with Gasteiger partial charge in [-0.15, -0.1) is 0 Å². The van der Waals surface area contributed by atoms with E-state index in [1.807, 2.05) is 0 Å². The summed E-state index contributed by atoms with van der Waals surface area (Å²) in [6, 6.07) is 5.08. The summed E-state index contributed by atoms with van der Waals surface area (Å²) in [6.45, 7) is 4.66. The monoisotopic (exact) mass is 263 g/mol. The highest BCUT2D eigenvalue weighted by molar-refractivity contribution is 5.99. The fourth-order valence-corrected chi connectivity index (χ4v) is 2.99. The molecule has 3 heteroatoms. The van der Waals surface area contributed by atoms with Crippen molar-refractivity contribution < 1.29 is 9.18 Å². The Hall–Kier alpha value is -1.38. The first-order valence-electron chi connectivity index (χ1n) is 7.20. The Kier molecular flexibility index (Phi) is 4.56. The van der Waals surface area contributed by atoms with Crippen molar-refractivity contribution in [2.24, 2.45) is 0 Å². The number of Topliss-reactive ketones (excluding diaryl/α,β-unsaturated/α-hetero) is 1. The molecule has 1 aromatic carbocycles. The van der Waals surface area contributed by atoms with Crippen molar-refractivity contribution in [3.63, 3.8) is 0 Å². The second-order valence-electron chi connectivity index (χ2n) is 5.35. The van der Waals surface area contributed by atoms with E-state index < -0.39 is 0 Å². The lowest BCUT2D eigenvalue weighted by Gasteiger charge is -2.38. The lowest BCUT2D eigenvalue weighted by Crippen LogP contribution is -2.40. The molecular weight excluding hydrogens is 241 g/mol. The van der Waals surface area contributed by atoms with Crippen LogP contribution in [0.3, 0.4) is 0 Å². The Morgan fingerprint density at radius 1 is 1.42 bits per heavy atom. The summed E-state index contributed by atoms with van der Waals surface area (Å²) in [7, 11) is 0. The molecule has 0 amide bonds. The van der Waals surface area contributed by atoms with E-state index in [2.05, 4.69) is 11.8 Å². The Bertz CT molecular complexity index is 456. The molecule has 0 bridgehead atoms. The van der Waals surface area contributed by atoms with E-state index in [0.717, 1.165) is 31.5 Å². The van der Waals surface area contributed by atoms with Gasteiger partial charge < -0.3 is 4.90 Å². The van der Waals surface area contributed by atoms with Crippen LogP contribution in [0.15, 0.2) is 18.2 Å². The first kappa shape index (κ1) is 14.0. The van der Waals surface area contributed by atoms with Crippen molar-refractivity contribution in [3.8, 4) is 0 Å². The number of hydrogen-bond acceptors (Lipinski definition) is 2. The van der Waals surface area contributed by atoms with Crippen LogP contribution in [0.5, 0.6) is 0 Å². The van der Waals surface area contributed by atoms with Crippen LogP contribution in [0.2, 0.25) is 0 Å². The molecule has 1 fully saturated rings. The topological polar surface area (TPSA) is 20.3 Å². The minimum atomic E-state index is -0.335. The molecule has 1 heterocycles. The Morgan fingerprint density at radius 2 is 2.21 bits per heavy atom. The highest BCUT2D eigenvalue weighted by atomic mass is 19.1. The Labute approximate surface area is 114 Å². The molecule has 104 valence electrons. The number of rotatable bonds is 4. The number of carbonyl (C=O) groups excluding carboxylic acids is 1. The maximum absolute atomic E-state index is 13.3. The van der Waals surface area contributed by atoms with Gasteiger partial charge in [0.25, 0.3) is 0 Å². The summed E-state index contributed by atoms with van der Waals surface area (Å²) >= 11 is 0. The van der Waals surface area contributed by atoms with Crippen molar-refractivity contribution in [1.82, 2.24) is 0 Å². The lowest BCUT2D eigenvalue weighted by molar-refractivity contribution is 0.101. The highest BCUT2D eigenvalue weighted by Gasteiger charge is 2.24. The van der Waals surface area contributed by atoms with Crippen molar-refractivity contribution in [1.29, 1.82) is 0 Å². The summed E-state index contributed by atoms with van der Waals surface area (Å²) in [5.41, 5.74) is 1.43. The predicted molar refractivity (Wildman–Crippen MR) is 76.3 cm³/mol. The van der Waals surface area contributed by atoms with Gasteiger partial charge in [0, 0.05) is 23.8 Å². The molecule has 19 heavy (non-hydrogen) atoms. The van der Waals surface area contributed by atoms with E-state index in [9.17, 15) is 9.18 Å². The average Bonchev–Trinajstić information content (AvgIpc) is 2.40. The summed E-state index contributed by atoms with van der Waals surface area (Å²) in [5.74, 6) is -0.395. The van der Waals surface area contributed by atoms with Gasteiger partial charge in [-0.25, -0.2) is 4.39 Å². The third kappa shape index (κ3) is 3.14. The number of benzene rings is 1. The van der Waals surface area contributed by atoms with E-state index in [4.69, 9.17) is 0 Å². The second kappa shape index (κ2) is 6.18. The summed E-state index contributed by atoms with van der Waals surface area (Å²) < 4.78 is 13.3. The SMILES string of the molecule is CCCC1CCCCN1c1ccc(F)cc1C(C)=O. The number of hydrogen-bond donors (Lipinski definition) is 0. The number of halogens is 1. The van der Waals surface area contributed by atoms with Crippen LogP contribution >= 0.6 is 0 Å². The standard InChI is InChI=1S/C16H22FNO/c1-3-6-14-7-4-5-10-18(14)16-9-8-13(17)11-15(16)12(2)19/h8-9,11,14H,3-7,10H2,1-2H3. The van der Waals surface area contributed by atoms with Crippen molar-refractivity contribution in [3.05, 3.63) is 29.6 Å². The number of anilines is 1. The third-order valence-corrected chi connectivity index (χ3v) is 3.90. The van der Waals surface area contributed by atoms with E-state index in [1.54, 1.807) is 6.07 Å². The van der Waals surface area contributed by atoms with Gasteiger partial charge in [-0.2, -0.15) is 0 Å². The van der Waals surface area contributed by atoms with Crippen molar-refractivity contribution in [2.45, 2.75) is 52.0 Å². The van der Waals surface area contributed by atoms with E-state index >= 15 is 0 Å². The molecule has 0 N–H and O–H groups in total. The molecule has 2 nitrogen and oxygen atoms in total. The largest absolute Gasteiger partial charge is 0.368 e. The zero-order chi connectivity index (χ0) is 13.8. The van der Waals surface area contributed by atoms with E-state index in [-0.39, 0.29) is 11.6 Å². The molecule has 1 atom stereocenters. The number of carbonyl (C=O) groups is 1. The summed E-state index contributed by atoms with van der Waals surface area (Å²) in [5, 5.41) is 0. The molecule has 0 aliphatic carbocycles. The molecule has 1 aliphatic rings. The van der Waals surface area contributed by atoms with Crippen LogP contribution in [-0.4, -0.2) is 18.4 Å². The Balaban J connectivity index is 2.35. The molecule has 0 aromatic heterocycles.